The second-order valence-corrected chi connectivity index (χ2v) is 3.65. The number of nitrogens with zero attached hydrogens (tertiary/aromatic N) is 1. The van der Waals surface area contributed by atoms with Gasteiger partial charge in [0.2, 0.25) is 0 Å². The fraction of sp³-hybridized carbons (Fsp3) is 0.167. The van der Waals surface area contributed by atoms with Crippen LogP contribution in [0.25, 0.3) is 0 Å². The van der Waals surface area contributed by atoms with Gasteiger partial charge in [0.1, 0.15) is 11.9 Å². The summed E-state index contributed by atoms with van der Waals surface area (Å²) in [6.45, 7) is 0.452. The lowest BCUT2D eigenvalue weighted by atomic mass is 10.1. The Labute approximate surface area is 98.6 Å². The maximum absolute atomic E-state index is 10.5. The number of hydrogen-bond acceptors (Lipinski definition) is 4. The topological polar surface area (TPSA) is 81.0 Å². The van der Waals surface area contributed by atoms with Gasteiger partial charge < -0.3 is 10.5 Å². The molecule has 0 aliphatic carbocycles. The Balaban J connectivity index is 2.15. The van der Waals surface area contributed by atoms with Gasteiger partial charge >= 0.3 is 0 Å². The van der Waals surface area contributed by atoms with Crippen molar-refractivity contribution in [3.8, 4) is 0 Å². The van der Waals surface area contributed by atoms with Crippen LogP contribution in [0.5, 0.6) is 0 Å². The zero-order valence-electron chi connectivity index (χ0n) is 9.17. The Bertz CT molecular complexity index is 482. The minimum atomic E-state index is -0.337. The van der Waals surface area contributed by atoms with Crippen molar-refractivity contribution in [3.05, 3.63) is 47.7 Å². The highest BCUT2D eigenvalue weighted by atomic mass is 16.5. The lowest BCUT2D eigenvalue weighted by Gasteiger charge is -2.13. The molecule has 1 heterocycles. The van der Waals surface area contributed by atoms with Crippen LogP contribution in [0.15, 0.2) is 36.4 Å². The van der Waals surface area contributed by atoms with Gasteiger partial charge in [0, 0.05) is 12.5 Å². The Morgan fingerprint density at radius 1 is 1.41 bits per heavy atom. The molecule has 17 heavy (non-hydrogen) atoms. The van der Waals surface area contributed by atoms with Crippen LogP contribution in [0.4, 0.5) is 5.82 Å². The molecule has 5 heteroatoms. The lowest BCUT2D eigenvalue weighted by molar-refractivity contribution is -0.133. The summed E-state index contributed by atoms with van der Waals surface area (Å²) in [6, 6.07) is 11.2. The average Bonchev–Trinajstić information content (AvgIpc) is 2.75. The van der Waals surface area contributed by atoms with Gasteiger partial charge in [-0.1, -0.05) is 30.3 Å². The molecule has 5 nitrogen and oxygen atoms in total. The van der Waals surface area contributed by atoms with E-state index in [0.29, 0.717) is 18.7 Å². The molecule has 3 N–H and O–H groups in total. The van der Waals surface area contributed by atoms with Gasteiger partial charge in [0.05, 0.1) is 5.69 Å². The standard InChI is InChI=1S/C12H13N3O2/c13-12-7-10(14-15-12)6-11(17-8-16)9-4-2-1-3-5-9/h1-5,7-8,11H,6H2,(H3,13,14,15). The number of anilines is 1. The van der Waals surface area contributed by atoms with Gasteiger partial charge in [-0.05, 0) is 5.56 Å². The monoisotopic (exact) mass is 231 g/mol. The molecule has 0 fully saturated rings. The summed E-state index contributed by atoms with van der Waals surface area (Å²) in [7, 11) is 0. The summed E-state index contributed by atoms with van der Waals surface area (Å²) >= 11 is 0. The number of nitrogens with two attached hydrogens (primary N) is 1. The average molecular weight is 231 g/mol. The van der Waals surface area contributed by atoms with E-state index in [9.17, 15) is 4.79 Å². The van der Waals surface area contributed by atoms with Crippen molar-refractivity contribution < 1.29 is 9.53 Å². The highest BCUT2D eigenvalue weighted by molar-refractivity contribution is 5.39. The predicted octanol–water partition coefficient (Wildman–Crippen LogP) is 1.45. The zero-order chi connectivity index (χ0) is 12.1. The number of benzene rings is 1. The van der Waals surface area contributed by atoms with Gasteiger partial charge in [-0.2, -0.15) is 5.10 Å². The van der Waals surface area contributed by atoms with Crippen LogP contribution in [0.1, 0.15) is 17.4 Å². The van der Waals surface area contributed by atoms with E-state index in [1.165, 1.54) is 0 Å². The fourth-order valence-electron chi connectivity index (χ4n) is 1.65. The largest absolute Gasteiger partial charge is 0.459 e. The Kier molecular flexibility index (Phi) is 3.40. The van der Waals surface area contributed by atoms with Gasteiger partial charge in [-0.15, -0.1) is 0 Å². The number of rotatable bonds is 5. The van der Waals surface area contributed by atoms with Crippen LogP contribution in [-0.4, -0.2) is 16.7 Å². The third-order valence-corrected chi connectivity index (χ3v) is 2.44. The summed E-state index contributed by atoms with van der Waals surface area (Å²) in [5, 5.41) is 6.67. The van der Waals surface area contributed by atoms with Crippen LogP contribution in [0.3, 0.4) is 0 Å². The molecule has 1 atom stereocenters. The number of nitrogen functional groups attached to an aromatic ring is 1. The first-order chi connectivity index (χ1) is 8.29. The van der Waals surface area contributed by atoms with E-state index >= 15 is 0 Å². The van der Waals surface area contributed by atoms with Crippen molar-refractivity contribution in [2.45, 2.75) is 12.5 Å². The van der Waals surface area contributed by atoms with Crippen LogP contribution in [0, 0.1) is 0 Å². The smallest absolute Gasteiger partial charge is 0.293 e. The molecular formula is C12H13N3O2. The van der Waals surface area contributed by atoms with Crippen molar-refractivity contribution >= 4 is 12.3 Å². The van der Waals surface area contributed by atoms with E-state index in [0.717, 1.165) is 11.3 Å². The fourth-order valence-corrected chi connectivity index (χ4v) is 1.65. The molecule has 2 aromatic rings. The van der Waals surface area contributed by atoms with E-state index < -0.39 is 0 Å². The molecule has 88 valence electrons. The third kappa shape index (κ3) is 2.84. The van der Waals surface area contributed by atoms with E-state index in [1.807, 2.05) is 30.3 Å². The molecule has 0 bridgehead atoms. The van der Waals surface area contributed by atoms with Crippen molar-refractivity contribution in [1.29, 1.82) is 0 Å². The summed E-state index contributed by atoms with van der Waals surface area (Å²) in [4.78, 5) is 10.5. The van der Waals surface area contributed by atoms with Crippen LogP contribution < -0.4 is 5.73 Å². The predicted molar refractivity (Wildman–Crippen MR) is 63.0 cm³/mol. The number of hydrogen-bond donors (Lipinski definition) is 2. The summed E-state index contributed by atoms with van der Waals surface area (Å²) < 4.78 is 5.07. The normalized spacial score (nSPS) is 12.0. The Morgan fingerprint density at radius 3 is 2.76 bits per heavy atom. The van der Waals surface area contributed by atoms with E-state index in [-0.39, 0.29) is 6.10 Å². The number of aromatic nitrogens is 2. The highest BCUT2D eigenvalue weighted by Crippen LogP contribution is 2.21. The SMILES string of the molecule is Nc1cc(CC(OC=O)c2ccccc2)n[nH]1. The van der Waals surface area contributed by atoms with Gasteiger partial charge in [0.25, 0.3) is 6.47 Å². The number of aromatic amines is 1. The molecule has 1 aromatic carbocycles. The van der Waals surface area contributed by atoms with Gasteiger partial charge in [-0.3, -0.25) is 9.89 Å². The molecule has 1 unspecified atom stereocenters. The number of ether oxygens (including phenoxy) is 1. The second-order valence-electron chi connectivity index (χ2n) is 3.65. The highest BCUT2D eigenvalue weighted by Gasteiger charge is 2.14. The van der Waals surface area contributed by atoms with E-state index in [2.05, 4.69) is 10.2 Å². The van der Waals surface area contributed by atoms with Crippen LogP contribution >= 0.6 is 0 Å². The van der Waals surface area contributed by atoms with E-state index in [1.54, 1.807) is 6.07 Å². The van der Waals surface area contributed by atoms with E-state index in [4.69, 9.17) is 10.5 Å². The van der Waals surface area contributed by atoms with Crippen molar-refractivity contribution in [2.24, 2.45) is 0 Å². The number of nitrogens with one attached hydrogen (secondary N) is 1. The minimum absolute atomic E-state index is 0.337. The van der Waals surface area contributed by atoms with Gasteiger partial charge in [-0.25, -0.2) is 0 Å². The number of carbonyl (C=O) groups is 1. The lowest BCUT2D eigenvalue weighted by Crippen LogP contribution is -2.07. The summed E-state index contributed by atoms with van der Waals surface area (Å²) in [5.74, 6) is 0.498. The maximum Gasteiger partial charge on any atom is 0.293 e. The Morgan fingerprint density at radius 2 is 2.18 bits per heavy atom. The first-order valence-corrected chi connectivity index (χ1v) is 5.23. The van der Waals surface area contributed by atoms with Crippen molar-refractivity contribution in [3.63, 3.8) is 0 Å². The first-order valence-electron chi connectivity index (χ1n) is 5.23. The summed E-state index contributed by atoms with van der Waals surface area (Å²) in [6.07, 6.45) is 0.160. The van der Waals surface area contributed by atoms with Crippen LogP contribution in [-0.2, 0) is 16.0 Å². The zero-order valence-corrected chi connectivity index (χ0v) is 9.17. The minimum Gasteiger partial charge on any atom is -0.459 e. The molecule has 0 saturated heterocycles. The van der Waals surface area contributed by atoms with Crippen LogP contribution in [0.2, 0.25) is 0 Å². The van der Waals surface area contributed by atoms with Gasteiger partial charge in [0.15, 0.2) is 0 Å². The third-order valence-electron chi connectivity index (χ3n) is 2.44. The molecule has 0 spiro atoms. The summed E-state index contributed by atoms with van der Waals surface area (Å²) in [5.41, 5.74) is 7.23. The second kappa shape index (κ2) is 5.16. The quantitative estimate of drug-likeness (QED) is 0.763. The van der Waals surface area contributed by atoms with Crippen molar-refractivity contribution in [2.75, 3.05) is 5.73 Å². The molecule has 0 radical (unpaired) electrons. The maximum atomic E-state index is 10.5. The molecule has 0 saturated carbocycles. The molecule has 2 rings (SSSR count). The molecule has 0 amide bonds. The molecular weight excluding hydrogens is 218 g/mol. The molecule has 1 aromatic heterocycles. The number of H-pyrrole nitrogens is 1. The molecule has 0 aliphatic rings. The first kappa shape index (κ1) is 11.2. The number of carbonyl (C=O) groups excluding carboxylic acids is 1. The Hall–Kier alpha value is -2.30. The van der Waals surface area contributed by atoms with Crippen molar-refractivity contribution in [1.82, 2.24) is 10.2 Å². The molecule has 0 aliphatic heterocycles.